The monoisotopic (exact) mass is 342 g/mol. The van der Waals surface area contributed by atoms with Crippen molar-refractivity contribution in [3.8, 4) is 0 Å². The number of anilines is 1. The summed E-state index contributed by atoms with van der Waals surface area (Å²) in [5.74, 6) is -0.198. The van der Waals surface area contributed by atoms with E-state index in [-0.39, 0.29) is 10.8 Å². The average Bonchev–Trinajstić information content (AvgIpc) is 3.07. The number of hydrogen-bond donors (Lipinski definition) is 2. The summed E-state index contributed by atoms with van der Waals surface area (Å²) in [6.45, 7) is 1.41. The van der Waals surface area contributed by atoms with Crippen LogP contribution in [0.2, 0.25) is 0 Å². The number of nitrogens with one attached hydrogen (secondary N) is 2. The first kappa shape index (κ1) is 17.9. The van der Waals surface area contributed by atoms with Crippen LogP contribution >= 0.6 is 0 Å². The first-order chi connectivity index (χ1) is 11.0. The third kappa shape index (κ3) is 5.28. The van der Waals surface area contributed by atoms with Crippen molar-refractivity contribution in [3.05, 3.63) is 24.3 Å². The molecule has 8 heteroatoms. The highest BCUT2D eigenvalue weighted by Crippen LogP contribution is 2.17. The van der Waals surface area contributed by atoms with E-state index in [0.29, 0.717) is 38.3 Å². The molecule has 1 aromatic carbocycles. The molecule has 0 saturated carbocycles. The lowest BCUT2D eigenvalue weighted by atomic mass is 10.2. The van der Waals surface area contributed by atoms with Crippen LogP contribution < -0.4 is 10.0 Å². The predicted octanol–water partition coefficient (Wildman–Crippen LogP) is 1.12. The lowest BCUT2D eigenvalue weighted by Crippen LogP contribution is -2.27. The van der Waals surface area contributed by atoms with Gasteiger partial charge < -0.3 is 14.8 Å². The van der Waals surface area contributed by atoms with Crippen LogP contribution in [0.3, 0.4) is 0 Å². The van der Waals surface area contributed by atoms with Crippen LogP contribution in [0.25, 0.3) is 0 Å². The zero-order valence-electron chi connectivity index (χ0n) is 13.1. The van der Waals surface area contributed by atoms with E-state index in [0.717, 1.165) is 6.42 Å². The molecular formula is C15H22N2O5S. The number of carbonyl (C=O) groups excluding carboxylic acids is 1. The van der Waals surface area contributed by atoms with E-state index in [9.17, 15) is 13.2 Å². The molecule has 1 aliphatic heterocycles. The summed E-state index contributed by atoms with van der Waals surface area (Å²) in [7, 11) is -1.98. The Hall–Kier alpha value is -1.48. The van der Waals surface area contributed by atoms with Crippen LogP contribution in [-0.2, 0) is 24.3 Å². The highest BCUT2D eigenvalue weighted by atomic mass is 32.2. The minimum Gasteiger partial charge on any atom is -0.385 e. The molecule has 0 aliphatic carbocycles. The molecule has 23 heavy (non-hydrogen) atoms. The minimum atomic E-state index is -3.54. The fraction of sp³-hybridized carbons (Fsp3) is 0.533. The van der Waals surface area contributed by atoms with Gasteiger partial charge in [0.25, 0.3) is 5.91 Å². The van der Waals surface area contributed by atoms with Crippen molar-refractivity contribution in [1.29, 1.82) is 0 Å². The van der Waals surface area contributed by atoms with Gasteiger partial charge in [-0.25, -0.2) is 13.1 Å². The van der Waals surface area contributed by atoms with Crippen LogP contribution in [0.5, 0.6) is 0 Å². The van der Waals surface area contributed by atoms with Gasteiger partial charge in [0.05, 0.1) is 4.90 Å². The summed E-state index contributed by atoms with van der Waals surface area (Å²) >= 11 is 0. The Kier molecular flexibility index (Phi) is 6.52. The van der Waals surface area contributed by atoms with Crippen LogP contribution in [0, 0.1) is 0 Å². The molecule has 0 aromatic heterocycles. The van der Waals surface area contributed by atoms with Crippen LogP contribution in [0.1, 0.15) is 19.3 Å². The molecule has 0 radical (unpaired) electrons. The second-order valence-electron chi connectivity index (χ2n) is 5.26. The minimum absolute atomic E-state index is 0.157. The van der Waals surface area contributed by atoms with Gasteiger partial charge in [-0.2, -0.15) is 0 Å². The molecule has 1 amide bonds. The summed E-state index contributed by atoms with van der Waals surface area (Å²) in [5, 5.41) is 2.73. The molecule has 7 nitrogen and oxygen atoms in total. The van der Waals surface area contributed by atoms with Gasteiger partial charge in [-0.3, -0.25) is 4.79 Å². The predicted molar refractivity (Wildman–Crippen MR) is 85.7 cm³/mol. The maximum absolute atomic E-state index is 12.1. The summed E-state index contributed by atoms with van der Waals surface area (Å²) in [5.41, 5.74) is 0.545. The van der Waals surface area contributed by atoms with E-state index in [1.807, 2.05) is 0 Å². The van der Waals surface area contributed by atoms with E-state index in [1.165, 1.54) is 12.1 Å². The first-order valence-electron chi connectivity index (χ1n) is 7.54. The number of benzene rings is 1. The number of amides is 1. The van der Waals surface area contributed by atoms with Gasteiger partial charge in [0, 0.05) is 32.6 Å². The maximum Gasteiger partial charge on any atom is 0.253 e. The Bertz CT molecular complexity index is 609. The molecule has 1 saturated heterocycles. The Labute approximate surface area is 136 Å². The molecule has 1 aromatic rings. The molecule has 1 atom stereocenters. The summed E-state index contributed by atoms with van der Waals surface area (Å²) < 4.78 is 36.8. The van der Waals surface area contributed by atoms with Gasteiger partial charge in [-0.15, -0.1) is 0 Å². The zero-order chi connectivity index (χ0) is 16.7. The number of methoxy groups -OCH3 is 1. The van der Waals surface area contributed by atoms with Crippen molar-refractivity contribution in [2.24, 2.45) is 0 Å². The van der Waals surface area contributed by atoms with E-state index in [1.54, 1.807) is 19.2 Å². The lowest BCUT2D eigenvalue weighted by molar-refractivity contribution is -0.124. The van der Waals surface area contributed by atoms with Crippen molar-refractivity contribution in [2.75, 3.05) is 32.2 Å². The molecular weight excluding hydrogens is 320 g/mol. The number of sulfonamides is 1. The Morgan fingerprint density at radius 2 is 2.09 bits per heavy atom. The molecule has 1 fully saturated rings. The highest BCUT2D eigenvalue weighted by Gasteiger charge is 2.23. The second-order valence-corrected chi connectivity index (χ2v) is 7.03. The van der Waals surface area contributed by atoms with Gasteiger partial charge in [-0.05, 0) is 43.5 Å². The Morgan fingerprint density at radius 3 is 2.70 bits per heavy atom. The van der Waals surface area contributed by atoms with Gasteiger partial charge in [0.15, 0.2) is 0 Å². The summed E-state index contributed by atoms with van der Waals surface area (Å²) in [6, 6.07) is 6.06. The summed E-state index contributed by atoms with van der Waals surface area (Å²) in [6.07, 6.45) is 1.78. The third-order valence-electron chi connectivity index (χ3n) is 3.47. The number of rotatable bonds is 8. The number of hydrogen-bond acceptors (Lipinski definition) is 5. The molecule has 1 aliphatic rings. The Morgan fingerprint density at radius 1 is 1.35 bits per heavy atom. The Balaban J connectivity index is 1.91. The van der Waals surface area contributed by atoms with E-state index >= 15 is 0 Å². The topological polar surface area (TPSA) is 93.7 Å². The standard InChI is InChI=1S/C15H22N2O5S/c1-21-10-3-9-16-23(19,20)13-7-5-12(6-8-13)17-15(18)14-4-2-11-22-14/h5-8,14,16H,2-4,9-11H2,1H3,(H,17,18)/t14-/m1/s1. The van der Waals surface area contributed by atoms with Gasteiger partial charge in [0.1, 0.15) is 6.10 Å². The SMILES string of the molecule is COCCCNS(=O)(=O)c1ccc(NC(=O)[C@H]2CCCO2)cc1. The average molecular weight is 342 g/mol. The van der Waals surface area contributed by atoms with Crippen molar-refractivity contribution in [3.63, 3.8) is 0 Å². The van der Waals surface area contributed by atoms with Gasteiger partial charge in [-0.1, -0.05) is 0 Å². The quantitative estimate of drug-likeness (QED) is 0.691. The fourth-order valence-corrected chi connectivity index (χ4v) is 3.31. The number of carbonyl (C=O) groups is 1. The number of ether oxygens (including phenoxy) is 2. The van der Waals surface area contributed by atoms with Crippen LogP contribution in [0.4, 0.5) is 5.69 Å². The van der Waals surface area contributed by atoms with Crippen molar-refractivity contribution in [1.82, 2.24) is 4.72 Å². The maximum atomic E-state index is 12.1. The fourth-order valence-electron chi connectivity index (χ4n) is 2.23. The molecule has 1 heterocycles. The smallest absolute Gasteiger partial charge is 0.253 e. The van der Waals surface area contributed by atoms with Gasteiger partial charge in [0.2, 0.25) is 10.0 Å². The normalized spacial score (nSPS) is 18.0. The molecule has 0 bridgehead atoms. The highest BCUT2D eigenvalue weighted by molar-refractivity contribution is 7.89. The van der Waals surface area contributed by atoms with Crippen LogP contribution in [0.15, 0.2) is 29.2 Å². The first-order valence-corrected chi connectivity index (χ1v) is 9.02. The van der Waals surface area contributed by atoms with Gasteiger partial charge >= 0.3 is 0 Å². The molecule has 0 spiro atoms. The lowest BCUT2D eigenvalue weighted by Gasteiger charge is -2.11. The molecule has 0 unspecified atom stereocenters. The zero-order valence-corrected chi connectivity index (χ0v) is 13.9. The molecule has 128 valence electrons. The van der Waals surface area contributed by atoms with E-state index in [2.05, 4.69) is 10.0 Å². The third-order valence-corrected chi connectivity index (χ3v) is 4.95. The van der Waals surface area contributed by atoms with Crippen molar-refractivity contribution in [2.45, 2.75) is 30.3 Å². The van der Waals surface area contributed by atoms with Crippen molar-refractivity contribution < 1.29 is 22.7 Å². The van der Waals surface area contributed by atoms with E-state index in [4.69, 9.17) is 9.47 Å². The molecule has 2 N–H and O–H groups in total. The summed E-state index contributed by atoms with van der Waals surface area (Å²) in [4.78, 5) is 12.1. The van der Waals surface area contributed by atoms with Crippen LogP contribution in [-0.4, -0.2) is 47.3 Å². The van der Waals surface area contributed by atoms with E-state index < -0.39 is 16.1 Å². The molecule has 2 rings (SSSR count). The second kappa shape index (κ2) is 8.39. The largest absolute Gasteiger partial charge is 0.385 e. The van der Waals surface area contributed by atoms with Crippen molar-refractivity contribution >= 4 is 21.6 Å².